The number of hydrogen-bond donors (Lipinski definition) is 1. The van der Waals surface area contributed by atoms with Gasteiger partial charge in [-0.15, -0.1) is 0 Å². The summed E-state index contributed by atoms with van der Waals surface area (Å²) in [6.45, 7) is 7.64. The molecule has 1 amide bonds. The molecule has 0 fully saturated rings. The van der Waals surface area contributed by atoms with Crippen molar-refractivity contribution in [2.45, 2.75) is 27.7 Å². The number of hydrogen-bond acceptors (Lipinski definition) is 3. The van der Waals surface area contributed by atoms with Gasteiger partial charge in [-0.05, 0) is 59.7 Å². The van der Waals surface area contributed by atoms with Crippen molar-refractivity contribution in [2.75, 3.05) is 5.32 Å². The van der Waals surface area contributed by atoms with Gasteiger partial charge in [-0.1, -0.05) is 37.6 Å². The Hall–Kier alpha value is -1.57. The van der Waals surface area contributed by atoms with Gasteiger partial charge >= 0.3 is 0 Å². The lowest BCUT2D eigenvalue weighted by Gasteiger charge is -2.07. The highest BCUT2D eigenvalue weighted by Gasteiger charge is 2.13. The average molecular weight is 533 g/mol. The summed E-state index contributed by atoms with van der Waals surface area (Å²) in [6, 6.07) is 6.99. The van der Waals surface area contributed by atoms with Gasteiger partial charge in [0.05, 0.1) is 34.0 Å². The van der Waals surface area contributed by atoms with E-state index in [1.54, 1.807) is 13.0 Å². The van der Waals surface area contributed by atoms with Gasteiger partial charge in [0.15, 0.2) is 5.83 Å². The van der Waals surface area contributed by atoms with Crippen molar-refractivity contribution in [3.63, 3.8) is 0 Å². The van der Waals surface area contributed by atoms with E-state index in [0.717, 1.165) is 16.6 Å². The predicted molar refractivity (Wildman–Crippen MR) is 125 cm³/mol. The molecule has 3 aromatic rings. The van der Waals surface area contributed by atoms with E-state index in [4.69, 9.17) is 11.6 Å². The molecule has 2 heterocycles. The number of pyridine rings is 1. The first kappa shape index (κ1) is 22.7. The van der Waals surface area contributed by atoms with E-state index < -0.39 is 11.7 Å². The molecular weight excluding hydrogens is 513 g/mol. The molecule has 0 saturated heterocycles. The van der Waals surface area contributed by atoms with Crippen LogP contribution in [0.3, 0.4) is 0 Å². The molecule has 9 heteroatoms. The maximum Gasteiger partial charge on any atom is 0.284 e. The van der Waals surface area contributed by atoms with Gasteiger partial charge in [0.2, 0.25) is 0 Å². The molecule has 0 radical (unpaired) electrons. The molecule has 0 spiro atoms. The summed E-state index contributed by atoms with van der Waals surface area (Å²) in [4.78, 5) is 16.2. The first-order chi connectivity index (χ1) is 13.4. The SMILES string of the molecule is CC.Cc1ncc(Cl)cc1NC(=O)/C(F)=C/c1ccc2c(C)nn(PI)c2c1. The molecule has 28 heavy (non-hydrogen) atoms. The van der Waals surface area contributed by atoms with Crippen molar-refractivity contribution in [1.82, 2.24) is 14.5 Å². The van der Waals surface area contributed by atoms with Crippen molar-refractivity contribution in [3.05, 3.63) is 58.3 Å². The van der Waals surface area contributed by atoms with Gasteiger partial charge < -0.3 is 5.32 Å². The number of anilines is 1. The quantitative estimate of drug-likeness (QED) is 0.238. The fourth-order valence-electron chi connectivity index (χ4n) is 2.47. The van der Waals surface area contributed by atoms with Gasteiger partial charge in [0, 0.05) is 11.6 Å². The lowest BCUT2D eigenvalue weighted by molar-refractivity contribution is -0.114. The Morgan fingerprint density at radius 2 is 2.00 bits per heavy atom. The maximum absolute atomic E-state index is 14.4. The predicted octanol–water partition coefficient (Wildman–Crippen LogP) is 6.47. The van der Waals surface area contributed by atoms with E-state index in [2.05, 4.69) is 37.4 Å². The number of aromatic nitrogens is 3. The monoisotopic (exact) mass is 532 g/mol. The van der Waals surface area contributed by atoms with Crippen molar-refractivity contribution in [3.8, 4) is 0 Å². The van der Waals surface area contributed by atoms with Crippen molar-refractivity contribution in [1.29, 1.82) is 0 Å². The lowest BCUT2D eigenvalue weighted by Crippen LogP contribution is -2.13. The normalized spacial score (nSPS) is 11.6. The minimum absolute atomic E-state index is 0.365. The van der Waals surface area contributed by atoms with Gasteiger partial charge in [-0.3, -0.25) is 9.78 Å². The Morgan fingerprint density at radius 1 is 1.29 bits per heavy atom. The number of halogens is 3. The zero-order valence-electron chi connectivity index (χ0n) is 15.8. The summed E-state index contributed by atoms with van der Waals surface area (Å²) < 4.78 is 16.2. The number of fused-ring (bicyclic) bond motifs is 1. The summed E-state index contributed by atoms with van der Waals surface area (Å²) in [5.74, 6) is -1.75. The van der Waals surface area contributed by atoms with Crippen LogP contribution in [0.2, 0.25) is 5.02 Å². The zero-order chi connectivity index (χ0) is 20.8. The zero-order valence-corrected chi connectivity index (χ0v) is 19.8. The highest BCUT2D eigenvalue weighted by molar-refractivity contribution is 14.2. The van der Waals surface area contributed by atoms with Gasteiger partial charge in [-0.2, -0.15) is 5.10 Å². The smallest absolute Gasteiger partial charge is 0.284 e. The molecule has 3 rings (SSSR count). The van der Waals surface area contributed by atoms with E-state index >= 15 is 0 Å². The summed E-state index contributed by atoms with van der Waals surface area (Å²) in [5.41, 5.74) is 3.34. The molecule has 0 saturated carbocycles. The molecule has 148 valence electrons. The largest absolute Gasteiger partial charge is 0.318 e. The third kappa shape index (κ3) is 5.27. The van der Waals surface area contributed by atoms with Gasteiger partial charge in [-0.25, -0.2) is 8.84 Å². The lowest BCUT2D eigenvalue weighted by atomic mass is 10.1. The van der Waals surface area contributed by atoms with Crippen molar-refractivity contribution >= 4 is 68.6 Å². The van der Waals surface area contributed by atoms with Crippen LogP contribution >= 0.6 is 40.0 Å². The highest BCUT2D eigenvalue weighted by Crippen LogP contribution is 2.31. The number of nitrogens with one attached hydrogen (secondary N) is 1. The molecule has 1 aromatic carbocycles. The van der Waals surface area contributed by atoms with E-state index in [1.807, 2.05) is 37.4 Å². The van der Waals surface area contributed by atoms with Crippen LogP contribution in [-0.2, 0) is 4.79 Å². The summed E-state index contributed by atoms with van der Waals surface area (Å²) in [7, 11) is 0. The second-order valence-electron chi connectivity index (χ2n) is 5.59. The Morgan fingerprint density at radius 3 is 2.68 bits per heavy atom. The second kappa shape index (κ2) is 10.3. The topological polar surface area (TPSA) is 59.8 Å². The number of carbonyl (C=O) groups is 1. The standard InChI is InChI=1S/C17H14ClFIN4OP.C2H6/c1-9-13-4-3-11(6-16(13)24(23-9)26-20)5-14(19)17(25)22-15-7-12(18)8-21-10(15)2;1-2/h3-8,26H,1-2H3,(H,22,25);1-2H3/b14-5-;. The van der Waals surface area contributed by atoms with Crippen LogP contribution in [0.4, 0.5) is 10.1 Å². The molecule has 1 unspecified atom stereocenters. The van der Waals surface area contributed by atoms with E-state index in [9.17, 15) is 9.18 Å². The first-order valence-electron chi connectivity index (χ1n) is 8.56. The van der Waals surface area contributed by atoms with E-state index in [1.165, 1.54) is 18.3 Å². The third-order valence-corrected chi connectivity index (χ3v) is 5.86. The Bertz CT molecular complexity index is 1040. The number of benzene rings is 1. The summed E-state index contributed by atoms with van der Waals surface area (Å²) in [6.07, 6.45) is 3.10. The number of carbonyl (C=O) groups excluding carboxylic acids is 1. The molecule has 5 nitrogen and oxygen atoms in total. The molecule has 0 aliphatic heterocycles. The maximum atomic E-state index is 14.4. The van der Waals surface area contributed by atoms with Crippen LogP contribution in [-0.4, -0.2) is 20.4 Å². The fraction of sp³-hybridized carbons (Fsp3) is 0.211. The minimum atomic E-state index is -0.900. The van der Waals surface area contributed by atoms with E-state index in [0.29, 0.717) is 28.3 Å². The molecular formula is C19H20ClFIN4OP. The number of amides is 1. The first-order valence-corrected chi connectivity index (χ1v) is 13.0. The van der Waals surface area contributed by atoms with Gasteiger partial charge in [0.25, 0.3) is 5.91 Å². The van der Waals surface area contributed by atoms with Crippen LogP contribution in [0.5, 0.6) is 0 Å². The van der Waals surface area contributed by atoms with Crippen molar-refractivity contribution in [2.24, 2.45) is 0 Å². The van der Waals surface area contributed by atoms with Crippen LogP contribution in [0.1, 0.15) is 30.8 Å². The average Bonchev–Trinajstić information content (AvgIpc) is 3.01. The molecule has 2 aromatic heterocycles. The minimum Gasteiger partial charge on any atom is -0.318 e. The number of rotatable bonds is 4. The Labute approximate surface area is 183 Å². The van der Waals surface area contributed by atoms with Crippen LogP contribution in [0, 0.1) is 13.8 Å². The number of aryl methyl sites for hydroxylation is 2. The fourth-order valence-corrected chi connectivity index (χ4v) is 4.19. The molecule has 0 aliphatic carbocycles. The number of nitrogens with zero attached hydrogens (tertiary/aromatic N) is 3. The molecule has 0 bridgehead atoms. The summed E-state index contributed by atoms with van der Waals surface area (Å²) >= 11 is 8.10. The van der Waals surface area contributed by atoms with Crippen LogP contribution in [0.25, 0.3) is 17.0 Å². The van der Waals surface area contributed by atoms with E-state index in [-0.39, 0.29) is 0 Å². The Balaban J connectivity index is 0.00000136. The molecule has 0 aliphatic rings. The van der Waals surface area contributed by atoms with Crippen LogP contribution < -0.4 is 5.32 Å². The highest BCUT2D eigenvalue weighted by atomic mass is 127. The van der Waals surface area contributed by atoms with Crippen LogP contribution in [0.15, 0.2) is 36.3 Å². The third-order valence-electron chi connectivity index (χ3n) is 3.78. The second-order valence-corrected chi connectivity index (χ2v) is 8.07. The summed E-state index contributed by atoms with van der Waals surface area (Å²) in [5, 5.41) is 8.31. The molecule has 1 N–H and O–H groups in total. The Kier molecular flexibility index (Phi) is 8.34. The van der Waals surface area contributed by atoms with Gasteiger partial charge in [0.1, 0.15) is 0 Å². The van der Waals surface area contributed by atoms with Crippen molar-refractivity contribution < 1.29 is 9.18 Å². The molecule has 1 atom stereocenters.